The van der Waals surface area contributed by atoms with E-state index in [1.165, 1.54) is 11.6 Å². The number of morpholine rings is 1. The minimum absolute atomic E-state index is 0.0964. The molecule has 0 aliphatic carbocycles. The fraction of sp³-hybridized carbons (Fsp3) is 0.417. The van der Waals surface area contributed by atoms with Crippen molar-refractivity contribution in [3.8, 4) is 0 Å². The number of hydrogen-bond acceptors (Lipinski definition) is 4. The van der Waals surface area contributed by atoms with Crippen molar-refractivity contribution in [2.75, 3.05) is 26.3 Å². The fourth-order valence-corrected chi connectivity index (χ4v) is 4.00. The van der Waals surface area contributed by atoms with Gasteiger partial charge in [0.2, 0.25) is 5.91 Å². The van der Waals surface area contributed by atoms with Gasteiger partial charge in [-0.3, -0.25) is 14.5 Å². The maximum absolute atomic E-state index is 12.8. The Morgan fingerprint density at radius 3 is 2.31 bits per heavy atom. The molecule has 1 aliphatic heterocycles. The molecule has 8 heteroatoms. The Morgan fingerprint density at radius 1 is 1.03 bits per heavy atom. The Balaban J connectivity index is 1.54. The summed E-state index contributed by atoms with van der Waals surface area (Å²) in [4.78, 5) is 27.8. The third-order valence-corrected chi connectivity index (χ3v) is 5.96. The molecule has 2 aromatic carbocycles. The Kier molecular flexibility index (Phi) is 8.93. The zero-order valence-electron chi connectivity index (χ0n) is 18.4. The van der Waals surface area contributed by atoms with Crippen molar-refractivity contribution < 1.29 is 14.3 Å². The van der Waals surface area contributed by atoms with Crippen molar-refractivity contribution >= 4 is 35.0 Å². The average molecular weight is 478 g/mol. The van der Waals surface area contributed by atoms with Gasteiger partial charge in [-0.25, -0.2) is 0 Å². The van der Waals surface area contributed by atoms with E-state index in [2.05, 4.69) is 27.7 Å². The quantitative estimate of drug-likeness (QED) is 0.604. The number of rotatable bonds is 8. The van der Waals surface area contributed by atoms with Gasteiger partial charge >= 0.3 is 0 Å². The fourth-order valence-electron chi connectivity index (χ4n) is 3.51. The van der Waals surface area contributed by atoms with Crippen molar-refractivity contribution in [1.29, 1.82) is 0 Å². The van der Waals surface area contributed by atoms with E-state index in [0.717, 1.165) is 38.4 Å². The molecule has 1 aliphatic rings. The molecule has 0 saturated carbocycles. The lowest BCUT2D eigenvalue weighted by atomic mass is 10.0. The minimum Gasteiger partial charge on any atom is -0.379 e. The standard InChI is InChI=1S/C24H29Cl2N3O3/c1-16(2)22(28-23(30)20-8-7-19(25)13-21(20)26)24(31)27-14-17-3-5-18(6-4-17)15-29-9-11-32-12-10-29/h3-8,13,16,22H,9-12,14-15H2,1-2H3,(H,27,31)(H,28,30). The molecule has 172 valence electrons. The van der Waals surface area contributed by atoms with Crippen molar-refractivity contribution in [2.24, 2.45) is 5.92 Å². The Hall–Kier alpha value is -2.12. The molecule has 1 unspecified atom stereocenters. The van der Waals surface area contributed by atoms with Gasteiger partial charge in [-0.1, -0.05) is 61.3 Å². The Bertz CT molecular complexity index is 929. The lowest BCUT2D eigenvalue weighted by molar-refractivity contribution is -0.124. The highest BCUT2D eigenvalue weighted by molar-refractivity contribution is 6.36. The predicted octanol–water partition coefficient (Wildman–Crippen LogP) is 3.90. The summed E-state index contributed by atoms with van der Waals surface area (Å²) >= 11 is 12.0. The molecule has 0 radical (unpaired) electrons. The van der Waals surface area contributed by atoms with Crippen LogP contribution in [0.15, 0.2) is 42.5 Å². The van der Waals surface area contributed by atoms with Crippen LogP contribution >= 0.6 is 23.2 Å². The summed E-state index contributed by atoms with van der Waals surface area (Å²) in [6, 6.07) is 12.2. The summed E-state index contributed by atoms with van der Waals surface area (Å²) in [5, 5.41) is 6.41. The second kappa shape index (κ2) is 11.7. The van der Waals surface area contributed by atoms with Gasteiger partial charge in [0.1, 0.15) is 6.04 Å². The number of ether oxygens (including phenoxy) is 1. The van der Waals surface area contributed by atoms with Crippen LogP contribution in [0.4, 0.5) is 0 Å². The van der Waals surface area contributed by atoms with Crippen LogP contribution in [-0.2, 0) is 22.6 Å². The number of carbonyl (C=O) groups excluding carboxylic acids is 2. The van der Waals surface area contributed by atoms with Gasteiger partial charge in [-0.05, 0) is 35.2 Å². The summed E-state index contributed by atoms with van der Waals surface area (Å²) in [5.41, 5.74) is 2.51. The highest BCUT2D eigenvalue weighted by Gasteiger charge is 2.25. The van der Waals surface area contributed by atoms with Gasteiger partial charge in [0, 0.05) is 31.2 Å². The summed E-state index contributed by atoms with van der Waals surface area (Å²) in [6.07, 6.45) is 0. The average Bonchev–Trinajstić information content (AvgIpc) is 2.77. The topological polar surface area (TPSA) is 70.7 Å². The van der Waals surface area contributed by atoms with Crippen LogP contribution in [0.2, 0.25) is 10.0 Å². The summed E-state index contributed by atoms with van der Waals surface area (Å²) in [7, 11) is 0. The number of halogens is 2. The van der Waals surface area contributed by atoms with E-state index >= 15 is 0 Å². The molecular formula is C24H29Cl2N3O3. The van der Waals surface area contributed by atoms with Crippen LogP contribution in [-0.4, -0.2) is 49.1 Å². The van der Waals surface area contributed by atoms with Crippen molar-refractivity contribution in [1.82, 2.24) is 15.5 Å². The number of nitrogens with one attached hydrogen (secondary N) is 2. The van der Waals surface area contributed by atoms with Gasteiger partial charge in [-0.15, -0.1) is 0 Å². The monoisotopic (exact) mass is 477 g/mol. The highest BCUT2D eigenvalue weighted by atomic mass is 35.5. The summed E-state index contributed by atoms with van der Waals surface area (Å²) in [6.45, 7) is 8.50. The first-order valence-corrected chi connectivity index (χ1v) is 11.5. The van der Waals surface area contributed by atoms with Gasteiger partial charge in [0.15, 0.2) is 0 Å². The molecular weight excluding hydrogens is 449 g/mol. The molecule has 1 saturated heterocycles. The molecule has 0 aromatic heterocycles. The zero-order chi connectivity index (χ0) is 23.1. The molecule has 0 spiro atoms. The summed E-state index contributed by atoms with van der Waals surface area (Å²) in [5.74, 6) is -0.746. The molecule has 1 fully saturated rings. The molecule has 1 atom stereocenters. The lowest BCUT2D eigenvalue weighted by Gasteiger charge is -2.26. The number of amides is 2. The summed E-state index contributed by atoms with van der Waals surface area (Å²) < 4.78 is 5.39. The molecule has 32 heavy (non-hydrogen) atoms. The molecule has 6 nitrogen and oxygen atoms in total. The maximum atomic E-state index is 12.8. The van der Waals surface area contributed by atoms with Crippen LogP contribution in [0.5, 0.6) is 0 Å². The normalized spacial score (nSPS) is 15.4. The van der Waals surface area contributed by atoms with Crippen LogP contribution in [0, 0.1) is 5.92 Å². The van der Waals surface area contributed by atoms with Gasteiger partial charge in [0.05, 0.1) is 23.8 Å². The highest BCUT2D eigenvalue weighted by Crippen LogP contribution is 2.21. The van der Waals surface area contributed by atoms with Crippen LogP contribution < -0.4 is 10.6 Å². The van der Waals surface area contributed by atoms with E-state index in [1.807, 2.05) is 26.0 Å². The largest absolute Gasteiger partial charge is 0.379 e. The van der Waals surface area contributed by atoms with E-state index in [9.17, 15) is 9.59 Å². The van der Waals surface area contributed by atoms with Crippen molar-refractivity contribution in [3.05, 3.63) is 69.2 Å². The first-order chi connectivity index (χ1) is 15.3. The van der Waals surface area contributed by atoms with Crippen LogP contribution in [0.1, 0.15) is 35.3 Å². The van der Waals surface area contributed by atoms with E-state index in [1.54, 1.807) is 12.1 Å². The van der Waals surface area contributed by atoms with E-state index < -0.39 is 11.9 Å². The molecule has 3 rings (SSSR count). The zero-order valence-corrected chi connectivity index (χ0v) is 19.9. The number of hydrogen-bond donors (Lipinski definition) is 2. The second-order valence-corrected chi connectivity index (χ2v) is 9.09. The van der Waals surface area contributed by atoms with Crippen molar-refractivity contribution in [3.63, 3.8) is 0 Å². The van der Waals surface area contributed by atoms with Gasteiger partial charge < -0.3 is 15.4 Å². The molecule has 2 aromatic rings. The Morgan fingerprint density at radius 2 is 1.69 bits per heavy atom. The van der Waals surface area contributed by atoms with E-state index in [0.29, 0.717) is 11.6 Å². The minimum atomic E-state index is -0.685. The van der Waals surface area contributed by atoms with Gasteiger partial charge in [0.25, 0.3) is 5.91 Å². The maximum Gasteiger partial charge on any atom is 0.253 e. The van der Waals surface area contributed by atoms with Crippen LogP contribution in [0.25, 0.3) is 0 Å². The smallest absolute Gasteiger partial charge is 0.253 e. The third kappa shape index (κ3) is 6.94. The van der Waals surface area contributed by atoms with E-state index in [-0.39, 0.29) is 22.4 Å². The lowest BCUT2D eigenvalue weighted by Crippen LogP contribution is -2.49. The molecule has 2 amide bonds. The SMILES string of the molecule is CC(C)C(NC(=O)c1ccc(Cl)cc1Cl)C(=O)NCc1ccc(CN2CCOCC2)cc1. The first-order valence-electron chi connectivity index (χ1n) is 10.7. The number of nitrogens with zero attached hydrogens (tertiary/aromatic N) is 1. The number of benzene rings is 2. The Labute approximate surface area is 199 Å². The van der Waals surface area contributed by atoms with E-state index in [4.69, 9.17) is 27.9 Å². The molecule has 0 bridgehead atoms. The molecule has 2 N–H and O–H groups in total. The number of carbonyl (C=O) groups is 2. The predicted molar refractivity (Wildman–Crippen MR) is 127 cm³/mol. The van der Waals surface area contributed by atoms with Crippen molar-refractivity contribution in [2.45, 2.75) is 33.0 Å². The second-order valence-electron chi connectivity index (χ2n) is 8.24. The van der Waals surface area contributed by atoms with Crippen LogP contribution in [0.3, 0.4) is 0 Å². The first kappa shape index (κ1) is 24.5. The van der Waals surface area contributed by atoms with Gasteiger partial charge in [-0.2, -0.15) is 0 Å². The third-order valence-electron chi connectivity index (χ3n) is 5.41. The molecule has 1 heterocycles.